The Bertz CT molecular complexity index is 813. The molecule has 0 heterocycles. The van der Waals surface area contributed by atoms with Gasteiger partial charge in [0.05, 0.1) is 4.90 Å². The molecule has 0 aliphatic heterocycles. The van der Waals surface area contributed by atoms with Crippen molar-refractivity contribution < 1.29 is 13.2 Å². The molecule has 1 aromatic carbocycles. The standard InChI is InChI=1S/C22H32N2O3S/c1-4-24(5-2)28(26,27)20-11-7-17(8-12-20)9-13-22(25)23-16(3)21-15-18-6-10-19(21)14-18/h7-9,11-13,16,18-19,21H,4-6,10,14-15H2,1-3H3,(H,23,25)/b13-9+. The minimum absolute atomic E-state index is 0.0879. The summed E-state index contributed by atoms with van der Waals surface area (Å²) in [5.74, 6) is 2.18. The summed E-state index contributed by atoms with van der Waals surface area (Å²) in [5.41, 5.74) is 0.807. The smallest absolute Gasteiger partial charge is 0.244 e. The number of rotatable bonds is 8. The maximum Gasteiger partial charge on any atom is 0.244 e. The molecule has 0 saturated heterocycles. The fourth-order valence-corrected chi connectivity index (χ4v) is 6.38. The molecule has 1 N–H and O–H groups in total. The molecular formula is C22H32N2O3S. The van der Waals surface area contributed by atoms with Gasteiger partial charge in [0.1, 0.15) is 0 Å². The van der Waals surface area contributed by atoms with E-state index in [-0.39, 0.29) is 16.8 Å². The zero-order valence-electron chi connectivity index (χ0n) is 17.1. The quantitative estimate of drug-likeness (QED) is 0.672. The largest absolute Gasteiger partial charge is 0.350 e. The van der Waals surface area contributed by atoms with Crippen molar-refractivity contribution in [1.82, 2.24) is 9.62 Å². The van der Waals surface area contributed by atoms with Gasteiger partial charge >= 0.3 is 0 Å². The molecule has 28 heavy (non-hydrogen) atoms. The van der Waals surface area contributed by atoms with Crippen LogP contribution in [-0.2, 0) is 14.8 Å². The first-order valence-electron chi connectivity index (χ1n) is 10.4. The lowest BCUT2D eigenvalue weighted by Crippen LogP contribution is -2.39. The van der Waals surface area contributed by atoms with Crippen LogP contribution >= 0.6 is 0 Å². The van der Waals surface area contributed by atoms with Crippen molar-refractivity contribution in [2.45, 2.75) is 57.4 Å². The van der Waals surface area contributed by atoms with Crippen molar-refractivity contribution in [3.63, 3.8) is 0 Å². The van der Waals surface area contributed by atoms with Crippen LogP contribution in [0.1, 0.15) is 52.0 Å². The number of benzene rings is 1. The van der Waals surface area contributed by atoms with Crippen LogP contribution < -0.4 is 5.32 Å². The Labute approximate surface area is 169 Å². The Morgan fingerprint density at radius 3 is 2.39 bits per heavy atom. The monoisotopic (exact) mass is 404 g/mol. The molecule has 2 saturated carbocycles. The van der Waals surface area contributed by atoms with Gasteiger partial charge < -0.3 is 5.32 Å². The summed E-state index contributed by atoms with van der Waals surface area (Å²) in [7, 11) is -3.45. The van der Waals surface area contributed by atoms with E-state index in [1.165, 1.54) is 36.1 Å². The lowest BCUT2D eigenvalue weighted by molar-refractivity contribution is -0.117. The van der Waals surface area contributed by atoms with E-state index in [1.54, 1.807) is 30.3 Å². The van der Waals surface area contributed by atoms with Crippen LogP contribution in [0.4, 0.5) is 0 Å². The Hall–Kier alpha value is -1.66. The minimum atomic E-state index is -3.45. The van der Waals surface area contributed by atoms with E-state index in [0.717, 1.165) is 17.4 Å². The number of amides is 1. The van der Waals surface area contributed by atoms with Gasteiger partial charge in [-0.1, -0.05) is 32.4 Å². The van der Waals surface area contributed by atoms with Crippen molar-refractivity contribution in [2.24, 2.45) is 17.8 Å². The highest BCUT2D eigenvalue weighted by Gasteiger charge is 2.41. The number of hydrogen-bond donors (Lipinski definition) is 1. The molecule has 1 amide bonds. The third kappa shape index (κ3) is 4.49. The molecule has 5 nitrogen and oxygen atoms in total. The zero-order valence-corrected chi connectivity index (χ0v) is 17.9. The summed E-state index contributed by atoms with van der Waals surface area (Å²) in [6.45, 7) is 6.66. The lowest BCUT2D eigenvalue weighted by atomic mass is 9.84. The summed E-state index contributed by atoms with van der Waals surface area (Å²) in [6.07, 6.45) is 8.53. The van der Waals surface area contributed by atoms with E-state index >= 15 is 0 Å². The van der Waals surface area contributed by atoms with Crippen LogP contribution in [0.2, 0.25) is 0 Å². The highest BCUT2D eigenvalue weighted by atomic mass is 32.2. The van der Waals surface area contributed by atoms with E-state index in [0.29, 0.717) is 19.0 Å². The van der Waals surface area contributed by atoms with Gasteiger partial charge in [-0.3, -0.25) is 4.79 Å². The van der Waals surface area contributed by atoms with Crippen LogP contribution in [0, 0.1) is 17.8 Å². The Morgan fingerprint density at radius 2 is 1.86 bits per heavy atom. The van der Waals surface area contributed by atoms with Crippen LogP contribution in [0.5, 0.6) is 0 Å². The van der Waals surface area contributed by atoms with E-state index in [4.69, 9.17) is 0 Å². The second-order valence-corrected chi connectivity index (χ2v) is 10.1. The van der Waals surface area contributed by atoms with E-state index in [1.807, 2.05) is 13.8 Å². The highest BCUT2D eigenvalue weighted by Crippen LogP contribution is 2.49. The lowest BCUT2D eigenvalue weighted by Gasteiger charge is -2.28. The van der Waals surface area contributed by atoms with Gasteiger partial charge in [-0.2, -0.15) is 4.31 Å². The van der Waals surface area contributed by atoms with E-state index in [2.05, 4.69) is 12.2 Å². The van der Waals surface area contributed by atoms with Crippen molar-refractivity contribution in [3.8, 4) is 0 Å². The van der Waals surface area contributed by atoms with Gasteiger partial charge in [0.25, 0.3) is 0 Å². The third-order valence-electron chi connectivity index (χ3n) is 6.46. The summed E-state index contributed by atoms with van der Waals surface area (Å²) >= 11 is 0. The molecule has 0 aromatic heterocycles. The fraction of sp³-hybridized carbons (Fsp3) is 0.591. The second kappa shape index (κ2) is 8.78. The van der Waals surface area contributed by atoms with Gasteiger partial charge in [-0.25, -0.2) is 8.42 Å². The summed E-state index contributed by atoms with van der Waals surface area (Å²) in [6, 6.07) is 6.87. The normalized spacial score (nSPS) is 25.5. The van der Waals surface area contributed by atoms with Crippen LogP contribution in [0.15, 0.2) is 35.2 Å². The van der Waals surface area contributed by atoms with Crippen molar-refractivity contribution in [1.29, 1.82) is 0 Å². The first kappa shape index (κ1) is 21.1. The minimum Gasteiger partial charge on any atom is -0.350 e. The number of carbonyl (C=O) groups is 1. The van der Waals surface area contributed by atoms with Crippen molar-refractivity contribution in [2.75, 3.05) is 13.1 Å². The molecule has 0 spiro atoms. The average Bonchev–Trinajstić information content (AvgIpc) is 3.31. The van der Waals surface area contributed by atoms with Gasteiger partial charge in [-0.05, 0) is 67.7 Å². The Morgan fingerprint density at radius 1 is 1.18 bits per heavy atom. The summed E-state index contributed by atoms with van der Waals surface area (Å²) < 4.78 is 26.5. The fourth-order valence-electron chi connectivity index (χ4n) is 4.92. The number of hydrogen-bond acceptors (Lipinski definition) is 3. The molecule has 0 radical (unpaired) electrons. The molecule has 6 heteroatoms. The SMILES string of the molecule is CCN(CC)S(=O)(=O)c1ccc(/C=C/C(=O)NC(C)C2CC3CCC2C3)cc1. The van der Waals surface area contributed by atoms with E-state index in [9.17, 15) is 13.2 Å². The molecule has 2 bridgehead atoms. The summed E-state index contributed by atoms with van der Waals surface area (Å²) in [4.78, 5) is 12.6. The zero-order chi connectivity index (χ0) is 20.3. The number of carbonyl (C=O) groups excluding carboxylic acids is 1. The predicted molar refractivity (Wildman–Crippen MR) is 112 cm³/mol. The highest BCUT2D eigenvalue weighted by molar-refractivity contribution is 7.89. The van der Waals surface area contributed by atoms with Crippen molar-refractivity contribution in [3.05, 3.63) is 35.9 Å². The number of sulfonamides is 1. The summed E-state index contributed by atoms with van der Waals surface area (Å²) in [5, 5.41) is 3.11. The van der Waals surface area contributed by atoms with Gasteiger partial charge in [0, 0.05) is 25.2 Å². The maximum absolute atomic E-state index is 12.5. The van der Waals surface area contributed by atoms with Gasteiger partial charge in [0.15, 0.2) is 0 Å². The predicted octanol–water partition coefficient (Wildman–Crippen LogP) is 3.67. The molecule has 4 atom stereocenters. The number of nitrogens with one attached hydrogen (secondary N) is 1. The Balaban J connectivity index is 1.57. The molecule has 2 aliphatic rings. The molecule has 154 valence electrons. The molecular weight excluding hydrogens is 372 g/mol. The first-order chi connectivity index (χ1) is 13.3. The molecule has 4 unspecified atom stereocenters. The van der Waals surface area contributed by atoms with Crippen LogP contribution in [0.25, 0.3) is 6.08 Å². The third-order valence-corrected chi connectivity index (χ3v) is 8.52. The Kier molecular flexibility index (Phi) is 6.61. The number of fused-ring (bicyclic) bond motifs is 2. The molecule has 3 rings (SSSR count). The topological polar surface area (TPSA) is 66.5 Å². The maximum atomic E-state index is 12.5. The average molecular weight is 405 g/mol. The second-order valence-electron chi connectivity index (χ2n) is 8.13. The van der Waals surface area contributed by atoms with Crippen molar-refractivity contribution >= 4 is 22.0 Å². The van der Waals surface area contributed by atoms with E-state index < -0.39 is 10.0 Å². The molecule has 1 aromatic rings. The first-order valence-corrected chi connectivity index (χ1v) is 11.9. The van der Waals surface area contributed by atoms with Gasteiger partial charge in [0.2, 0.25) is 15.9 Å². The van der Waals surface area contributed by atoms with Crippen LogP contribution in [0.3, 0.4) is 0 Å². The number of nitrogens with zero attached hydrogens (tertiary/aromatic N) is 1. The molecule has 2 fully saturated rings. The van der Waals surface area contributed by atoms with Gasteiger partial charge in [-0.15, -0.1) is 0 Å². The molecule has 2 aliphatic carbocycles. The van der Waals surface area contributed by atoms with Crippen LogP contribution in [-0.4, -0.2) is 37.8 Å².